The monoisotopic (exact) mass is 841 g/mol. The van der Waals surface area contributed by atoms with Crippen molar-refractivity contribution in [2.75, 3.05) is 19.6 Å². The van der Waals surface area contributed by atoms with Crippen molar-refractivity contribution in [2.24, 2.45) is 0 Å². The van der Waals surface area contributed by atoms with E-state index in [4.69, 9.17) is 0 Å². The minimum Gasteiger partial charge on any atom is -0.477 e. The SMILES string of the molecule is Cc1cc(N2[CH-]N(c3[c-]cccc3)c3nccnc32)cc(C)c1-c1ccccc1.[Ir].[c-]1ccccc1N1[CH-]N(c2ccccc2)c2nccnc21. The Balaban J connectivity index is 0.000000164. The molecule has 0 aliphatic carbocycles. The molecule has 9 heteroatoms. The predicted molar refractivity (Wildman–Crippen MR) is 200 cm³/mol. The average molecular weight is 841 g/mol. The van der Waals surface area contributed by atoms with Gasteiger partial charge in [0.2, 0.25) is 0 Å². The van der Waals surface area contributed by atoms with E-state index in [-0.39, 0.29) is 20.1 Å². The number of hydrogen-bond donors (Lipinski definition) is 0. The molecule has 0 saturated heterocycles. The van der Waals surface area contributed by atoms with Crippen molar-refractivity contribution >= 4 is 46.0 Å². The van der Waals surface area contributed by atoms with Crippen LogP contribution in [0.15, 0.2) is 146 Å². The number of rotatable bonds is 5. The van der Waals surface area contributed by atoms with E-state index in [2.05, 4.69) is 87.2 Å². The molecule has 0 bridgehead atoms. The van der Waals surface area contributed by atoms with Crippen molar-refractivity contribution in [3.8, 4) is 11.1 Å². The topological polar surface area (TPSA) is 64.5 Å². The molecule has 0 N–H and O–H groups in total. The first-order valence-corrected chi connectivity index (χ1v) is 16.3. The van der Waals surface area contributed by atoms with Gasteiger partial charge in [0.1, 0.15) is 23.3 Å². The third kappa shape index (κ3) is 6.69. The van der Waals surface area contributed by atoms with Crippen LogP contribution in [0, 0.1) is 39.3 Å². The van der Waals surface area contributed by atoms with E-state index in [1.165, 1.54) is 22.3 Å². The first kappa shape index (κ1) is 33.6. The van der Waals surface area contributed by atoms with Gasteiger partial charge in [0.05, 0.1) is 0 Å². The van der Waals surface area contributed by atoms with Gasteiger partial charge in [-0.15, -0.1) is 24.7 Å². The number of nitrogens with zero attached hydrogens (tertiary/aromatic N) is 8. The molecule has 7 aromatic rings. The van der Waals surface area contributed by atoms with Gasteiger partial charge in [0, 0.05) is 56.3 Å². The minimum absolute atomic E-state index is 0. The summed E-state index contributed by atoms with van der Waals surface area (Å²) in [6.07, 6.45) is 6.87. The molecule has 51 heavy (non-hydrogen) atoms. The molecule has 8 nitrogen and oxygen atoms in total. The number of para-hydroxylation sites is 3. The maximum atomic E-state index is 4.61. The number of benzene rings is 5. The van der Waals surface area contributed by atoms with Crippen LogP contribution in [-0.4, -0.2) is 19.9 Å². The smallest absolute Gasteiger partial charge is 0.145 e. The number of aryl methyl sites for hydroxylation is 2. The molecular weight excluding hydrogens is 809 g/mol. The molecule has 253 valence electrons. The average Bonchev–Trinajstić information content (AvgIpc) is 3.76. The Morgan fingerprint density at radius 3 is 1.33 bits per heavy atom. The Morgan fingerprint density at radius 1 is 0.471 bits per heavy atom. The van der Waals surface area contributed by atoms with Crippen molar-refractivity contribution in [1.29, 1.82) is 0 Å². The van der Waals surface area contributed by atoms with Gasteiger partial charge < -0.3 is 19.6 Å². The van der Waals surface area contributed by atoms with E-state index < -0.39 is 0 Å². The van der Waals surface area contributed by atoms with Crippen molar-refractivity contribution in [3.63, 3.8) is 0 Å². The summed E-state index contributed by atoms with van der Waals surface area (Å²) in [6, 6.07) is 47.3. The Morgan fingerprint density at radius 2 is 0.882 bits per heavy atom. The summed E-state index contributed by atoms with van der Waals surface area (Å²) in [5.74, 6) is 3.25. The van der Waals surface area contributed by atoms with Gasteiger partial charge in [-0.3, -0.25) is 0 Å². The van der Waals surface area contributed by atoms with Crippen LogP contribution in [0.4, 0.5) is 46.0 Å². The van der Waals surface area contributed by atoms with Crippen LogP contribution in [0.1, 0.15) is 11.1 Å². The van der Waals surface area contributed by atoms with Crippen molar-refractivity contribution in [2.45, 2.75) is 13.8 Å². The van der Waals surface area contributed by atoms with Gasteiger partial charge in [-0.2, -0.15) is 60.7 Å². The van der Waals surface area contributed by atoms with Crippen molar-refractivity contribution < 1.29 is 20.1 Å². The summed E-state index contributed by atoms with van der Waals surface area (Å²) in [7, 11) is 0. The van der Waals surface area contributed by atoms with Crippen LogP contribution < -0.4 is 19.6 Å². The fourth-order valence-electron chi connectivity index (χ4n) is 6.30. The Bertz CT molecular complexity index is 2130. The molecule has 9 rings (SSSR count). The largest absolute Gasteiger partial charge is 0.477 e. The molecule has 0 fully saturated rings. The number of hydrogen-bond acceptors (Lipinski definition) is 8. The summed E-state index contributed by atoms with van der Waals surface area (Å²) in [4.78, 5) is 26.3. The second-order valence-corrected chi connectivity index (χ2v) is 11.8. The van der Waals surface area contributed by atoms with Gasteiger partial charge >= 0.3 is 0 Å². The van der Waals surface area contributed by atoms with Crippen LogP contribution in [0.3, 0.4) is 0 Å². The molecule has 0 unspecified atom stereocenters. The van der Waals surface area contributed by atoms with Crippen molar-refractivity contribution in [1.82, 2.24) is 19.9 Å². The zero-order chi connectivity index (χ0) is 33.9. The van der Waals surface area contributed by atoms with Gasteiger partial charge in [0.15, 0.2) is 0 Å². The molecule has 0 saturated carbocycles. The molecule has 2 aliphatic heterocycles. The normalized spacial score (nSPS) is 12.8. The maximum absolute atomic E-state index is 4.61. The van der Waals surface area contributed by atoms with E-state index in [1.807, 2.05) is 113 Å². The van der Waals surface area contributed by atoms with Gasteiger partial charge in [-0.25, -0.2) is 19.9 Å². The van der Waals surface area contributed by atoms with Gasteiger partial charge in [0.25, 0.3) is 0 Å². The Kier molecular flexibility index (Phi) is 9.83. The van der Waals surface area contributed by atoms with E-state index in [0.717, 1.165) is 46.0 Å². The van der Waals surface area contributed by atoms with E-state index >= 15 is 0 Å². The van der Waals surface area contributed by atoms with Crippen LogP contribution >= 0.6 is 0 Å². The van der Waals surface area contributed by atoms with Crippen LogP contribution in [0.5, 0.6) is 0 Å². The molecule has 2 aliphatic rings. The molecule has 5 aromatic carbocycles. The Labute approximate surface area is 312 Å². The summed E-state index contributed by atoms with van der Waals surface area (Å²) in [6.45, 7) is 8.35. The van der Waals surface area contributed by atoms with E-state index in [9.17, 15) is 0 Å². The van der Waals surface area contributed by atoms with Crippen molar-refractivity contribution in [3.05, 3.63) is 183 Å². The second-order valence-electron chi connectivity index (χ2n) is 11.8. The molecule has 0 amide bonds. The third-order valence-electron chi connectivity index (χ3n) is 8.49. The molecule has 4 heterocycles. The summed E-state index contributed by atoms with van der Waals surface area (Å²) < 4.78 is 0. The molecule has 1 radical (unpaired) electrons. The minimum atomic E-state index is 0. The summed E-state index contributed by atoms with van der Waals surface area (Å²) in [5.41, 5.74) is 8.98. The van der Waals surface area contributed by atoms with Crippen LogP contribution in [-0.2, 0) is 20.1 Å². The summed E-state index contributed by atoms with van der Waals surface area (Å²) >= 11 is 0. The Hall–Kier alpha value is -5.89. The molecule has 0 atom stereocenters. The second kappa shape index (κ2) is 14.9. The first-order chi connectivity index (χ1) is 24.7. The van der Waals surface area contributed by atoms with E-state index in [1.54, 1.807) is 24.8 Å². The molecule has 0 spiro atoms. The van der Waals surface area contributed by atoms with Crippen LogP contribution in [0.25, 0.3) is 11.1 Å². The zero-order valence-electron chi connectivity index (χ0n) is 27.9. The quantitative estimate of drug-likeness (QED) is 0.159. The number of anilines is 8. The summed E-state index contributed by atoms with van der Waals surface area (Å²) in [5, 5.41) is 0. The fraction of sp³-hybridized carbons (Fsp3) is 0.0476. The maximum Gasteiger partial charge on any atom is 0.145 e. The third-order valence-corrected chi connectivity index (χ3v) is 8.49. The fourth-order valence-corrected chi connectivity index (χ4v) is 6.30. The predicted octanol–water partition coefficient (Wildman–Crippen LogP) is 9.65. The van der Waals surface area contributed by atoms with Crippen LogP contribution in [0.2, 0.25) is 0 Å². The zero-order valence-corrected chi connectivity index (χ0v) is 30.3. The number of fused-ring (bicyclic) bond motifs is 2. The van der Waals surface area contributed by atoms with Gasteiger partial charge in [-0.1, -0.05) is 48.5 Å². The molecular formula is C42H32IrN8-4. The standard InChI is InChI=1S/C25H20N4.C17H12N4.Ir/c1-18-15-22(16-19(2)23(18)20-9-5-3-6-10-20)29-17-28(21-11-7-4-8-12-21)24-25(29)27-14-13-26-24;1-3-7-14(8-4-1)20-13-21(15-9-5-2-6-10-15)17-16(20)18-11-12-19-17;/h3-11,13-17H,1-2H3;1-9,11-13H;/q2*-2;. The van der Waals surface area contributed by atoms with E-state index in [0.29, 0.717) is 0 Å². The number of aromatic nitrogens is 4. The molecule has 2 aromatic heterocycles. The first-order valence-electron chi connectivity index (χ1n) is 16.3. The van der Waals surface area contributed by atoms with Gasteiger partial charge in [-0.05, 0) is 60.4 Å².